The van der Waals surface area contributed by atoms with Crippen LogP contribution in [0, 0.1) is 0 Å². The molecule has 3 aromatic carbocycles. The van der Waals surface area contributed by atoms with Crippen LogP contribution in [0.25, 0.3) is 0 Å². The number of rotatable bonds is 14. The number of carbonyl (C=O) groups excluding carboxylic acids is 5. The molecule has 0 bridgehead atoms. The van der Waals surface area contributed by atoms with Gasteiger partial charge in [-0.25, -0.2) is 10.6 Å². The second kappa shape index (κ2) is 17.6. The van der Waals surface area contributed by atoms with Gasteiger partial charge in [-0.2, -0.15) is 5.01 Å². The summed E-state index contributed by atoms with van der Waals surface area (Å²) in [6, 6.07) is 22.6. The van der Waals surface area contributed by atoms with Gasteiger partial charge >= 0.3 is 6.09 Å². The molecule has 3 aromatic rings. The lowest BCUT2D eigenvalue weighted by atomic mass is 10.0. The third kappa shape index (κ3) is 12.5. The number of carbonyl (C=O) groups is 5. The molecule has 0 heterocycles. The van der Waals surface area contributed by atoms with Gasteiger partial charge in [-0.1, -0.05) is 72.8 Å². The fourth-order valence-corrected chi connectivity index (χ4v) is 4.38. The van der Waals surface area contributed by atoms with Crippen molar-refractivity contribution in [2.24, 2.45) is 11.6 Å². The number of hydrogen-bond donors (Lipinski definition) is 5. The van der Waals surface area contributed by atoms with Gasteiger partial charge < -0.3 is 31.2 Å². The van der Waals surface area contributed by atoms with Crippen molar-refractivity contribution in [1.82, 2.24) is 21.0 Å². The molecule has 0 radical (unpaired) electrons. The van der Waals surface area contributed by atoms with Crippen molar-refractivity contribution in [3.63, 3.8) is 0 Å². The maximum atomic E-state index is 13.1. The number of amides is 5. The van der Waals surface area contributed by atoms with Crippen molar-refractivity contribution in [1.29, 1.82) is 0 Å². The van der Waals surface area contributed by atoms with Crippen molar-refractivity contribution >= 4 is 29.7 Å². The highest BCUT2D eigenvalue weighted by molar-refractivity contribution is 5.97. The number of benzene rings is 3. The summed E-state index contributed by atoms with van der Waals surface area (Å²) < 4.78 is 11.0. The molecular formula is C35H44N6O7. The number of hydrogen-bond acceptors (Lipinski definition) is 9. The molecule has 0 aliphatic heterocycles. The summed E-state index contributed by atoms with van der Waals surface area (Å²) in [5.74, 6) is 3.60. The molecule has 48 heavy (non-hydrogen) atoms. The van der Waals surface area contributed by atoms with Crippen LogP contribution < -0.4 is 32.3 Å². The topological polar surface area (TPSA) is 195 Å². The lowest BCUT2D eigenvalue weighted by molar-refractivity contribution is -0.136. The third-order valence-electron chi connectivity index (χ3n) is 6.88. The molecular weight excluding hydrogens is 616 g/mol. The average molecular weight is 661 g/mol. The van der Waals surface area contributed by atoms with E-state index in [0.29, 0.717) is 22.9 Å². The number of hydrazine groups is 1. The van der Waals surface area contributed by atoms with Crippen molar-refractivity contribution in [2.75, 3.05) is 6.54 Å². The zero-order valence-electron chi connectivity index (χ0n) is 27.6. The molecule has 13 heteroatoms. The largest absolute Gasteiger partial charge is 0.489 e. The molecule has 0 aromatic heterocycles. The fraction of sp³-hybridized carbons (Fsp3) is 0.343. The summed E-state index contributed by atoms with van der Waals surface area (Å²) in [5, 5.41) is 7.81. The molecule has 3 atom stereocenters. The van der Waals surface area contributed by atoms with Crippen LogP contribution in [0.1, 0.15) is 44.4 Å². The first kappa shape index (κ1) is 37.2. The summed E-state index contributed by atoms with van der Waals surface area (Å²) in [4.78, 5) is 63.7. The van der Waals surface area contributed by atoms with E-state index in [1.54, 1.807) is 63.2 Å². The monoisotopic (exact) mass is 660 g/mol. The van der Waals surface area contributed by atoms with Gasteiger partial charge in [-0.3, -0.25) is 19.2 Å². The van der Waals surface area contributed by atoms with E-state index in [-0.39, 0.29) is 12.8 Å². The predicted molar refractivity (Wildman–Crippen MR) is 179 cm³/mol. The Morgan fingerprint density at radius 3 is 1.92 bits per heavy atom. The Balaban J connectivity index is 1.48. The Kier molecular flexibility index (Phi) is 13.6. The van der Waals surface area contributed by atoms with Crippen LogP contribution in [0.5, 0.6) is 5.75 Å². The van der Waals surface area contributed by atoms with Crippen LogP contribution in [0.15, 0.2) is 84.9 Å². The van der Waals surface area contributed by atoms with E-state index in [1.807, 2.05) is 42.5 Å². The summed E-state index contributed by atoms with van der Waals surface area (Å²) in [7, 11) is 0. The zero-order valence-corrected chi connectivity index (χ0v) is 27.6. The SMILES string of the molecule is C[C@@H](NC(=O)[C@@H](N)Cc1ccc(OCc2ccccc2)cc1)C(=O)NCC(=O)N[C@@H](Cc1ccccc1)C(=O)N(N)C(=O)OC(C)(C)C. The van der Waals surface area contributed by atoms with E-state index in [2.05, 4.69) is 16.0 Å². The lowest BCUT2D eigenvalue weighted by Gasteiger charge is -2.26. The molecule has 0 aliphatic carbocycles. The van der Waals surface area contributed by atoms with Crippen molar-refractivity contribution in [2.45, 2.75) is 70.9 Å². The lowest BCUT2D eigenvalue weighted by Crippen LogP contribution is -2.57. The highest BCUT2D eigenvalue weighted by Gasteiger charge is 2.31. The fourth-order valence-electron chi connectivity index (χ4n) is 4.38. The summed E-state index contributed by atoms with van der Waals surface area (Å²) >= 11 is 0. The molecule has 0 saturated carbocycles. The highest BCUT2D eigenvalue weighted by Crippen LogP contribution is 2.15. The smallest absolute Gasteiger partial charge is 0.431 e. The Bertz CT molecular complexity index is 1530. The Morgan fingerprint density at radius 2 is 1.33 bits per heavy atom. The van der Waals surface area contributed by atoms with E-state index in [9.17, 15) is 24.0 Å². The van der Waals surface area contributed by atoms with Crippen LogP contribution in [0.3, 0.4) is 0 Å². The van der Waals surface area contributed by atoms with Crippen LogP contribution >= 0.6 is 0 Å². The van der Waals surface area contributed by atoms with Crippen molar-refractivity contribution < 1.29 is 33.4 Å². The molecule has 13 nitrogen and oxygen atoms in total. The average Bonchev–Trinajstić information content (AvgIpc) is 3.06. The maximum Gasteiger partial charge on any atom is 0.431 e. The number of nitrogens with two attached hydrogens (primary N) is 2. The Labute approximate surface area is 280 Å². The first-order chi connectivity index (χ1) is 22.7. The molecule has 0 aliphatic rings. The molecule has 0 spiro atoms. The summed E-state index contributed by atoms with van der Waals surface area (Å²) in [6.45, 7) is 6.22. The second-order valence-corrected chi connectivity index (χ2v) is 12.2. The van der Waals surface area contributed by atoms with E-state index >= 15 is 0 Å². The van der Waals surface area contributed by atoms with Crippen LogP contribution in [0.4, 0.5) is 4.79 Å². The zero-order chi connectivity index (χ0) is 35.3. The van der Waals surface area contributed by atoms with E-state index in [0.717, 1.165) is 11.1 Å². The van der Waals surface area contributed by atoms with Gasteiger partial charge in [0.25, 0.3) is 5.91 Å². The van der Waals surface area contributed by atoms with Gasteiger partial charge in [-0.15, -0.1) is 0 Å². The van der Waals surface area contributed by atoms with Crippen LogP contribution in [-0.2, 0) is 43.4 Å². The van der Waals surface area contributed by atoms with Gasteiger partial charge in [-0.05, 0) is 62.9 Å². The maximum absolute atomic E-state index is 13.1. The van der Waals surface area contributed by atoms with Gasteiger partial charge in [0.2, 0.25) is 17.7 Å². The molecule has 3 rings (SSSR count). The number of ether oxygens (including phenoxy) is 2. The standard InChI is InChI=1S/C35H44N6O7/c1-23(39-32(44)28(36)19-25-15-17-27(18-16-25)47-22-26-13-9-6-10-14-26)31(43)38-21-30(42)40-29(20-24-11-7-5-8-12-24)33(45)41(37)34(46)48-35(2,3)4/h5-18,23,28-29H,19-22,36-37H2,1-4H3,(H,38,43)(H,39,44)(H,40,42)/t23-,28+,29+/m1/s1. The summed E-state index contributed by atoms with van der Waals surface area (Å²) in [5.41, 5.74) is 7.73. The van der Waals surface area contributed by atoms with Crippen molar-refractivity contribution in [3.05, 3.63) is 102 Å². The van der Waals surface area contributed by atoms with Crippen LogP contribution in [-0.4, -0.2) is 65.0 Å². The van der Waals surface area contributed by atoms with Gasteiger partial charge in [0, 0.05) is 6.42 Å². The highest BCUT2D eigenvalue weighted by atomic mass is 16.6. The van der Waals surface area contributed by atoms with E-state index in [4.69, 9.17) is 21.1 Å². The quantitative estimate of drug-likeness (QED) is 0.0978. The van der Waals surface area contributed by atoms with E-state index in [1.165, 1.54) is 6.92 Å². The number of nitrogens with one attached hydrogen (secondary N) is 3. The van der Waals surface area contributed by atoms with Crippen molar-refractivity contribution in [3.8, 4) is 5.75 Å². The minimum absolute atomic E-state index is 0.0175. The van der Waals surface area contributed by atoms with Gasteiger partial charge in [0.05, 0.1) is 12.6 Å². The van der Waals surface area contributed by atoms with Gasteiger partial charge in [0.15, 0.2) is 0 Å². The molecule has 5 amide bonds. The molecule has 0 fully saturated rings. The number of nitrogens with zero attached hydrogens (tertiary/aromatic N) is 1. The summed E-state index contributed by atoms with van der Waals surface area (Å²) in [6.07, 6.45) is -0.843. The first-order valence-electron chi connectivity index (χ1n) is 15.5. The van der Waals surface area contributed by atoms with Gasteiger partial charge in [0.1, 0.15) is 30.0 Å². The first-order valence-corrected chi connectivity index (χ1v) is 15.5. The van der Waals surface area contributed by atoms with Crippen LogP contribution in [0.2, 0.25) is 0 Å². The molecule has 0 saturated heterocycles. The predicted octanol–water partition coefficient (Wildman–Crippen LogP) is 2.12. The minimum Gasteiger partial charge on any atom is -0.489 e. The van der Waals surface area contributed by atoms with E-state index < -0.39 is 60.0 Å². The normalized spacial score (nSPS) is 12.9. The molecule has 256 valence electrons. The Hall–Kier alpha value is -5.27. The minimum atomic E-state index is -1.24. The molecule has 7 N–H and O–H groups in total. The second-order valence-electron chi connectivity index (χ2n) is 12.2. The molecule has 0 unspecified atom stereocenters. The number of imide groups is 1. The third-order valence-corrected chi connectivity index (χ3v) is 6.88. The Morgan fingerprint density at radius 1 is 0.771 bits per heavy atom.